The smallest absolute Gasteiger partial charge is 0.335 e. The second-order valence-electron chi connectivity index (χ2n) is 5.64. The maximum atomic E-state index is 12.5. The number of carbonyl (C=O) groups excluding carboxylic acids is 1. The van der Waals surface area contributed by atoms with Crippen molar-refractivity contribution in [2.45, 2.75) is 13.3 Å². The monoisotopic (exact) mass is 356 g/mol. The van der Waals surface area contributed by atoms with Gasteiger partial charge in [0.15, 0.2) is 16.8 Å². The number of aryl methyl sites for hydroxylation is 1. The van der Waals surface area contributed by atoms with E-state index in [0.717, 1.165) is 6.07 Å². The number of carboxylic acids is 1. The Kier molecular flexibility index (Phi) is 4.42. The van der Waals surface area contributed by atoms with Gasteiger partial charge in [-0.2, -0.15) is 0 Å². The molecule has 5 nitrogen and oxygen atoms in total. The number of para-hydroxylation sites is 1. The summed E-state index contributed by atoms with van der Waals surface area (Å²) < 4.78 is 5.53. The van der Waals surface area contributed by atoms with Gasteiger partial charge in [-0.15, -0.1) is 0 Å². The maximum absolute atomic E-state index is 12.5. The maximum Gasteiger partial charge on any atom is 0.335 e. The predicted octanol–water partition coefficient (Wildman–Crippen LogP) is 3.88. The highest BCUT2D eigenvalue weighted by atomic mass is 35.5. The van der Waals surface area contributed by atoms with E-state index < -0.39 is 5.97 Å². The van der Waals surface area contributed by atoms with Gasteiger partial charge in [0.25, 0.3) is 0 Å². The number of halogens is 1. The number of fused-ring (bicyclic) bond motifs is 1. The highest BCUT2D eigenvalue weighted by Gasteiger charge is 2.16. The summed E-state index contributed by atoms with van der Waals surface area (Å²) in [6.45, 7) is 1.72. The molecule has 0 atom stereocenters. The number of carboxylic acid groups (broad SMARTS) is 1. The molecule has 0 bridgehead atoms. The summed E-state index contributed by atoms with van der Waals surface area (Å²) in [4.78, 5) is 35.6. The van der Waals surface area contributed by atoms with E-state index in [1.54, 1.807) is 31.2 Å². The molecule has 0 amide bonds. The molecule has 0 aliphatic carbocycles. The Labute approximate surface area is 147 Å². The molecule has 0 unspecified atom stereocenters. The molecule has 0 radical (unpaired) electrons. The van der Waals surface area contributed by atoms with Gasteiger partial charge in [0.05, 0.1) is 16.0 Å². The zero-order chi connectivity index (χ0) is 18.1. The number of ketones is 1. The van der Waals surface area contributed by atoms with E-state index in [1.165, 1.54) is 12.1 Å². The van der Waals surface area contributed by atoms with Gasteiger partial charge in [-0.3, -0.25) is 9.59 Å². The van der Waals surface area contributed by atoms with Crippen molar-refractivity contribution in [3.05, 3.63) is 80.2 Å². The Morgan fingerprint density at radius 3 is 2.60 bits per heavy atom. The molecule has 1 N–H and O–H groups in total. The van der Waals surface area contributed by atoms with E-state index in [2.05, 4.69) is 0 Å². The summed E-state index contributed by atoms with van der Waals surface area (Å²) in [6.07, 6.45) is -0.00929. The van der Waals surface area contributed by atoms with E-state index >= 15 is 0 Å². The lowest BCUT2D eigenvalue weighted by Crippen LogP contribution is -2.10. The third kappa shape index (κ3) is 3.32. The van der Waals surface area contributed by atoms with Crippen LogP contribution < -0.4 is 5.43 Å². The third-order valence-corrected chi connectivity index (χ3v) is 4.22. The summed E-state index contributed by atoms with van der Waals surface area (Å²) in [5.41, 5.74) is 1.33. The molecular weight excluding hydrogens is 344 g/mol. The zero-order valence-electron chi connectivity index (χ0n) is 13.2. The quantitative estimate of drug-likeness (QED) is 0.717. The van der Waals surface area contributed by atoms with Crippen molar-refractivity contribution < 1.29 is 19.1 Å². The summed E-state index contributed by atoms with van der Waals surface area (Å²) in [7, 11) is 0. The average molecular weight is 357 g/mol. The van der Waals surface area contributed by atoms with Crippen LogP contribution in [0.15, 0.2) is 51.7 Å². The molecule has 6 heteroatoms. The summed E-state index contributed by atoms with van der Waals surface area (Å²) >= 11 is 6.04. The summed E-state index contributed by atoms with van der Waals surface area (Å²) in [5.74, 6) is -1.49. The van der Waals surface area contributed by atoms with E-state index in [9.17, 15) is 14.4 Å². The summed E-state index contributed by atoms with van der Waals surface area (Å²) in [6, 6.07) is 10.5. The molecular formula is C19H13ClO5. The van der Waals surface area contributed by atoms with Crippen LogP contribution in [0.1, 0.15) is 32.0 Å². The zero-order valence-corrected chi connectivity index (χ0v) is 14.0. The lowest BCUT2D eigenvalue weighted by Gasteiger charge is -2.07. The molecule has 0 aliphatic heterocycles. The molecule has 3 rings (SSSR count). The van der Waals surface area contributed by atoms with Crippen molar-refractivity contribution in [2.75, 3.05) is 0 Å². The lowest BCUT2D eigenvalue weighted by atomic mass is 9.99. The van der Waals surface area contributed by atoms with Crippen LogP contribution in [-0.4, -0.2) is 16.9 Å². The molecule has 126 valence electrons. The molecule has 25 heavy (non-hydrogen) atoms. The van der Waals surface area contributed by atoms with Crippen LogP contribution in [0.3, 0.4) is 0 Å². The van der Waals surface area contributed by atoms with Crippen molar-refractivity contribution >= 4 is 34.3 Å². The van der Waals surface area contributed by atoms with Gasteiger partial charge in [0, 0.05) is 12.5 Å². The molecule has 0 fully saturated rings. The largest absolute Gasteiger partial charge is 0.478 e. The van der Waals surface area contributed by atoms with Gasteiger partial charge in [-0.1, -0.05) is 23.7 Å². The standard InChI is InChI=1S/C19H13ClO5/c1-10-7-12(19(23)24)6-5-11(10)8-16(22)17-9-15(21)13-3-2-4-14(20)18(13)25-17/h2-7,9H,8H2,1H3,(H,23,24). The van der Waals surface area contributed by atoms with E-state index in [4.69, 9.17) is 21.1 Å². The van der Waals surface area contributed by atoms with E-state index in [0.29, 0.717) is 16.5 Å². The number of carbonyl (C=O) groups is 2. The number of hydrogen-bond acceptors (Lipinski definition) is 4. The Hall–Kier alpha value is -2.92. The fraction of sp³-hybridized carbons (Fsp3) is 0.105. The normalized spacial score (nSPS) is 10.8. The summed E-state index contributed by atoms with van der Waals surface area (Å²) in [5, 5.41) is 9.55. The SMILES string of the molecule is Cc1cc(C(=O)O)ccc1CC(=O)c1cc(=O)c2cccc(Cl)c2o1. The molecule has 0 saturated heterocycles. The highest BCUT2D eigenvalue weighted by Crippen LogP contribution is 2.23. The van der Waals surface area contributed by atoms with Gasteiger partial charge in [0.1, 0.15) is 0 Å². The second kappa shape index (κ2) is 6.53. The lowest BCUT2D eigenvalue weighted by molar-refractivity contribution is 0.0696. The van der Waals surface area contributed by atoms with Crippen molar-refractivity contribution in [2.24, 2.45) is 0 Å². The Morgan fingerprint density at radius 1 is 1.16 bits per heavy atom. The first-order valence-electron chi connectivity index (χ1n) is 7.45. The van der Waals surface area contributed by atoms with Crippen LogP contribution in [0.4, 0.5) is 0 Å². The van der Waals surface area contributed by atoms with Crippen LogP contribution in [0.2, 0.25) is 5.02 Å². The molecule has 1 aromatic heterocycles. The van der Waals surface area contributed by atoms with Crippen molar-refractivity contribution in [3.63, 3.8) is 0 Å². The van der Waals surface area contributed by atoms with Gasteiger partial charge < -0.3 is 9.52 Å². The highest BCUT2D eigenvalue weighted by molar-refractivity contribution is 6.34. The number of hydrogen-bond donors (Lipinski definition) is 1. The second-order valence-corrected chi connectivity index (χ2v) is 6.04. The Balaban J connectivity index is 1.97. The van der Waals surface area contributed by atoms with Crippen LogP contribution in [0, 0.1) is 6.92 Å². The molecule has 0 saturated carbocycles. The van der Waals surface area contributed by atoms with Crippen molar-refractivity contribution in [3.8, 4) is 0 Å². The number of rotatable bonds is 4. The van der Waals surface area contributed by atoms with Crippen LogP contribution in [0.5, 0.6) is 0 Å². The number of Topliss-reactive ketones (excluding diaryl/α,β-unsaturated/α-hetero) is 1. The molecule has 3 aromatic rings. The molecule has 0 aliphatic rings. The first-order chi connectivity index (χ1) is 11.9. The topological polar surface area (TPSA) is 84.6 Å². The minimum atomic E-state index is -1.03. The third-order valence-electron chi connectivity index (χ3n) is 3.92. The molecule has 0 spiro atoms. The fourth-order valence-electron chi connectivity index (χ4n) is 2.57. The first-order valence-corrected chi connectivity index (χ1v) is 7.83. The Bertz CT molecular complexity index is 1070. The van der Waals surface area contributed by atoms with Crippen molar-refractivity contribution in [1.82, 2.24) is 0 Å². The van der Waals surface area contributed by atoms with Gasteiger partial charge >= 0.3 is 5.97 Å². The first kappa shape index (κ1) is 16.9. The van der Waals surface area contributed by atoms with Gasteiger partial charge in [-0.05, 0) is 42.3 Å². The van der Waals surface area contributed by atoms with E-state index in [1.807, 2.05) is 0 Å². The minimum absolute atomic E-state index is 0.00929. The van der Waals surface area contributed by atoms with E-state index in [-0.39, 0.29) is 39.6 Å². The fourth-order valence-corrected chi connectivity index (χ4v) is 2.78. The number of aromatic carboxylic acids is 1. The predicted molar refractivity (Wildman–Crippen MR) is 93.7 cm³/mol. The van der Waals surface area contributed by atoms with Gasteiger partial charge in [0.2, 0.25) is 5.78 Å². The molecule has 2 aromatic carbocycles. The number of benzene rings is 2. The average Bonchev–Trinajstić information content (AvgIpc) is 2.57. The van der Waals surface area contributed by atoms with Crippen molar-refractivity contribution in [1.29, 1.82) is 0 Å². The van der Waals surface area contributed by atoms with Crippen LogP contribution in [0.25, 0.3) is 11.0 Å². The molecule has 1 heterocycles. The Morgan fingerprint density at radius 2 is 1.92 bits per heavy atom. The minimum Gasteiger partial charge on any atom is -0.478 e. The van der Waals surface area contributed by atoms with Crippen LogP contribution >= 0.6 is 11.6 Å². The van der Waals surface area contributed by atoms with Crippen LogP contribution in [-0.2, 0) is 6.42 Å². The van der Waals surface area contributed by atoms with Gasteiger partial charge in [-0.25, -0.2) is 4.79 Å².